The summed E-state index contributed by atoms with van der Waals surface area (Å²) >= 11 is 5.79. The Kier molecular flexibility index (Phi) is 10.4. The molecule has 0 saturated heterocycles. The SMILES string of the molecule is CC(C)=CCC/C(C)=C\COC(=O)CCCC(=O)Oc1c(F)cccc1Cl. The summed E-state index contributed by atoms with van der Waals surface area (Å²) < 4.78 is 23.6. The molecule has 0 bridgehead atoms. The average molecular weight is 397 g/mol. The summed E-state index contributed by atoms with van der Waals surface area (Å²) in [5, 5.41) is 0.0227. The molecule has 1 aromatic rings. The van der Waals surface area contributed by atoms with Gasteiger partial charge in [0.15, 0.2) is 11.6 Å². The molecule has 0 spiro atoms. The van der Waals surface area contributed by atoms with Gasteiger partial charge in [-0.2, -0.15) is 0 Å². The number of carbonyl (C=O) groups is 2. The molecule has 6 heteroatoms. The van der Waals surface area contributed by atoms with Crippen LogP contribution in [0.1, 0.15) is 52.9 Å². The molecule has 0 atom stereocenters. The molecule has 148 valence electrons. The lowest BCUT2D eigenvalue weighted by atomic mass is 10.1. The Morgan fingerprint density at radius 3 is 2.44 bits per heavy atom. The van der Waals surface area contributed by atoms with Crippen LogP contribution < -0.4 is 4.74 Å². The average Bonchev–Trinajstić information content (AvgIpc) is 2.58. The molecule has 0 aromatic heterocycles. The van der Waals surface area contributed by atoms with Crippen LogP contribution in [-0.4, -0.2) is 18.5 Å². The van der Waals surface area contributed by atoms with Crippen LogP contribution in [0.15, 0.2) is 41.5 Å². The number of esters is 2. The Labute approximate surface area is 165 Å². The lowest BCUT2D eigenvalue weighted by Gasteiger charge is -2.07. The molecule has 0 N–H and O–H groups in total. The second-order valence-electron chi connectivity index (χ2n) is 6.43. The van der Waals surface area contributed by atoms with Gasteiger partial charge in [0.05, 0.1) is 5.02 Å². The van der Waals surface area contributed by atoms with Crippen LogP contribution in [0, 0.1) is 5.82 Å². The molecule has 0 aliphatic carbocycles. The van der Waals surface area contributed by atoms with E-state index in [0.29, 0.717) is 0 Å². The quantitative estimate of drug-likeness (QED) is 0.285. The first-order valence-corrected chi connectivity index (χ1v) is 9.26. The predicted octanol–water partition coefficient (Wildman–Crippen LogP) is 5.79. The molecule has 0 aliphatic rings. The first-order valence-electron chi connectivity index (χ1n) is 8.89. The van der Waals surface area contributed by atoms with Crippen molar-refractivity contribution < 1.29 is 23.5 Å². The molecule has 1 rings (SSSR count). The van der Waals surface area contributed by atoms with Gasteiger partial charge in [0.2, 0.25) is 0 Å². The number of para-hydroxylation sites is 1. The molecule has 0 radical (unpaired) electrons. The molecule has 4 nitrogen and oxygen atoms in total. The predicted molar refractivity (Wildman–Crippen MR) is 104 cm³/mol. The second kappa shape index (κ2) is 12.3. The zero-order chi connectivity index (χ0) is 20.2. The molecule has 0 saturated carbocycles. The summed E-state index contributed by atoms with van der Waals surface area (Å²) in [6.07, 6.45) is 6.25. The number of hydrogen-bond acceptors (Lipinski definition) is 4. The van der Waals surface area contributed by atoms with Crippen molar-refractivity contribution in [1.82, 2.24) is 0 Å². The first-order chi connectivity index (χ1) is 12.8. The molecule has 0 aliphatic heterocycles. The molecule has 0 fully saturated rings. The number of halogens is 2. The minimum atomic E-state index is -0.706. The Morgan fingerprint density at radius 2 is 1.78 bits per heavy atom. The third-order valence-electron chi connectivity index (χ3n) is 3.66. The van der Waals surface area contributed by atoms with E-state index in [1.807, 2.05) is 13.0 Å². The standard InChI is InChI=1S/C21H26ClFO4/c1-15(2)7-4-8-16(3)13-14-26-19(24)11-6-12-20(25)27-21-17(22)9-5-10-18(21)23/h5,7,9-10,13H,4,6,8,11-12,14H2,1-3H3/b16-13-. The fraction of sp³-hybridized carbons (Fsp3) is 0.429. The van der Waals surface area contributed by atoms with Gasteiger partial charge in [-0.25, -0.2) is 4.39 Å². The summed E-state index contributed by atoms with van der Waals surface area (Å²) in [6.45, 7) is 6.33. The van der Waals surface area contributed by atoms with E-state index < -0.39 is 11.8 Å². The van der Waals surface area contributed by atoms with Crippen LogP contribution in [-0.2, 0) is 14.3 Å². The van der Waals surface area contributed by atoms with Crippen LogP contribution in [0.25, 0.3) is 0 Å². The van der Waals surface area contributed by atoms with Gasteiger partial charge < -0.3 is 9.47 Å². The zero-order valence-corrected chi connectivity index (χ0v) is 16.8. The highest BCUT2D eigenvalue weighted by molar-refractivity contribution is 6.32. The van der Waals surface area contributed by atoms with Crippen molar-refractivity contribution in [2.45, 2.75) is 52.9 Å². The second-order valence-corrected chi connectivity index (χ2v) is 6.84. The highest BCUT2D eigenvalue weighted by Gasteiger charge is 2.13. The minimum Gasteiger partial charge on any atom is -0.461 e. The Hall–Kier alpha value is -2.14. The fourth-order valence-corrected chi connectivity index (χ4v) is 2.36. The van der Waals surface area contributed by atoms with Crippen molar-refractivity contribution in [3.8, 4) is 5.75 Å². The minimum absolute atomic E-state index is 0.0227. The van der Waals surface area contributed by atoms with Gasteiger partial charge in [0, 0.05) is 12.8 Å². The van der Waals surface area contributed by atoms with Gasteiger partial charge in [-0.15, -0.1) is 0 Å². The van der Waals surface area contributed by atoms with Gasteiger partial charge in [0.25, 0.3) is 0 Å². The van der Waals surface area contributed by atoms with Gasteiger partial charge >= 0.3 is 11.9 Å². The number of rotatable bonds is 10. The van der Waals surface area contributed by atoms with Crippen molar-refractivity contribution in [3.63, 3.8) is 0 Å². The van der Waals surface area contributed by atoms with E-state index >= 15 is 0 Å². The molecule has 0 heterocycles. The van der Waals surface area contributed by atoms with Crippen LogP contribution >= 0.6 is 11.6 Å². The molecular weight excluding hydrogens is 371 g/mol. The van der Waals surface area contributed by atoms with Crippen molar-refractivity contribution in [2.75, 3.05) is 6.61 Å². The van der Waals surface area contributed by atoms with Crippen molar-refractivity contribution in [2.24, 2.45) is 0 Å². The maximum atomic E-state index is 13.5. The third-order valence-corrected chi connectivity index (χ3v) is 3.96. The maximum absolute atomic E-state index is 13.5. The van der Waals surface area contributed by atoms with E-state index in [2.05, 4.69) is 19.9 Å². The summed E-state index contributed by atoms with van der Waals surface area (Å²) in [5.41, 5.74) is 2.44. The highest BCUT2D eigenvalue weighted by atomic mass is 35.5. The topological polar surface area (TPSA) is 52.6 Å². The van der Waals surface area contributed by atoms with Gasteiger partial charge in [0.1, 0.15) is 6.61 Å². The van der Waals surface area contributed by atoms with Crippen molar-refractivity contribution >= 4 is 23.5 Å². The summed E-state index contributed by atoms with van der Waals surface area (Å²) in [4.78, 5) is 23.4. The summed E-state index contributed by atoms with van der Waals surface area (Å²) in [6, 6.07) is 4.00. The van der Waals surface area contributed by atoms with Crippen LogP contribution in [0.4, 0.5) is 4.39 Å². The number of hydrogen-bond donors (Lipinski definition) is 0. The molecular formula is C21H26ClFO4. The van der Waals surface area contributed by atoms with Crippen LogP contribution in [0.3, 0.4) is 0 Å². The summed E-state index contributed by atoms with van der Waals surface area (Å²) in [5.74, 6) is -2.03. The van der Waals surface area contributed by atoms with E-state index in [4.69, 9.17) is 21.1 Å². The Bertz CT molecular complexity index is 686. The largest absolute Gasteiger partial charge is 0.461 e. The highest BCUT2D eigenvalue weighted by Crippen LogP contribution is 2.27. The van der Waals surface area contributed by atoms with E-state index in [1.54, 1.807) is 0 Å². The van der Waals surface area contributed by atoms with Crippen LogP contribution in [0.2, 0.25) is 5.02 Å². The van der Waals surface area contributed by atoms with Crippen LogP contribution in [0.5, 0.6) is 5.75 Å². The van der Waals surface area contributed by atoms with Gasteiger partial charge in [-0.05, 0) is 58.2 Å². The van der Waals surface area contributed by atoms with E-state index in [1.165, 1.54) is 17.7 Å². The molecule has 27 heavy (non-hydrogen) atoms. The number of benzene rings is 1. The van der Waals surface area contributed by atoms with Crippen molar-refractivity contribution in [3.05, 3.63) is 52.3 Å². The first kappa shape index (κ1) is 22.9. The molecule has 1 aromatic carbocycles. The fourth-order valence-electron chi connectivity index (χ4n) is 2.16. The number of ether oxygens (including phenoxy) is 2. The smallest absolute Gasteiger partial charge is 0.311 e. The molecule has 0 amide bonds. The number of carbonyl (C=O) groups excluding carboxylic acids is 2. The number of allylic oxidation sites excluding steroid dienone is 3. The van der Waals surface area contributed by atoms with E-state index in [0.717, 1.165) is 24.5 Å². The van der Waals surface area contributed by atoms with E-state index in [9.17, 15) is 14.0 Å². The maximum Gasteiger partial charge on any atom is 0.311 e. The Morgan fingerprint density at radius 1 is 1.07 bits per heavy atom. The third kappa shape index (κ3) is 9.94. The Balaban J connectivity index is 2.25. The monoisotopic (exact) mass is 396 g/mol. The zero-order valence-electron chi connectivity index (χ0n) is 16.0. The van der Waals surface area contributed by atoms with Gasteiger partial charge in [-0.3, -0.25) is 9.59 Å². The van der Waals surface area contributed by atoms with E-state index in [-0.39, 0.29) is 42.6 Å². The molecule has 0 unspecified atom stereocenters. The lowest BCUT2D eigenvalue weighted by Crippen LogP contribution is -2.11. The normalized spacial score (nSPS) is 11.1. The summed E-state index contributed by atoms with van der Waals surface area (Å²) in [7, 11) is 0. The van der Waals surface area contributed by atoms with Crippen molar-refractivity contribution in [1.29, 1.82) is 0 Å². The van der Waals surface area contributed by atoms with Gasteiger partial charge in [-0.1, -0.05) is 34.9 Å². The lowest BCUT2D eigenvalue weighted by molar-refractivity contribution is -0.142.